The molecule has 1 aliphatic rings. The van der Waals surface area contributed by atoms with Crippen LogP contribution in [0.3, 0.4) is 0 Å². The number of amides is 1. The van der Waals surface area contributed by atoms with E-state index < -0.39 is 6.10 Å². The lowest BCUT2D eigenvalue weighted by atomic mass is 10.1. The summed E-state index contributed by atoms with van der Waals surface area (Å²) in [5.74, 6) is 0.894. The molecule has 0 bridgehead atoms. The first kappa shape index (κ1) is 11.5. The first-order valence-corrected chi connectivity index (χ1v) is 6.00. The summed E-state index contributed by atoms with van der Waals surface area (Å²) in [7, 11) is 0. The number of anilines is 2. The molecule has 0 fully saturated rings. The Labute approximate surface area is 110 Å². The number of benzene rings is 1. The third-order valence-electron chi connectivity index (χ3n) is 3.02. The molecule has 0 radical (unpaired) electrons. The number of nitrogens with two attached hydrogens (primary N) is 1. The summed E-state index contributed by atoms with van der Waals surface area (Å²) >= 11 is 0. The SMILES string of the molecule is Nc1cccnc1NC(=O)C1Cc2ccccc2O1. The van der Waals surface area contributed by atoms with Crippen LogP contribution in [0.2, 0.25) is 0 Å². The van der Waals surface area contributed by atoms with Gasteiger partial charge in [0, 0.05) is 12.6 Å². The summed E-state index contributed by atoms with van der Waals surface area (Å²) in [6.45, 7) is 0. The molecule has 96 valence electrons. The van der Waals surface area contributed by atoms with Crippen LogP contribution in [-0.2, 0) is 11.2 Å². The average molecular weight is 255 g/mol. The van der Waals surface area contributed by atoms with Crippen molar-refractivity contribution in [3.05, 3.63) is 48.2 Å². The van der Waals surface area contributed by atoms with Crippen molar-refractivity contribution in [2.75, 3.05) is 11.1 Å². The molecule has 0 spiro atoms. The Morgan fingerprint density at radius 3 is 2.95 bits per heavy atom. The molecular formula is C14H13N3O2. The van der Waals surface area contributed by atoms with Gasteiger partial charge in [0.05, 0.1) is 5.69 Å². The van der Waals surface area contributed by atoms with Crippen molar-refractivity contribution >= 4 is 17.4 Å². The zero-order valence-corrected chi connectivity index (χ0v) is 10.2. The minimum absolute atomic E-state index is 0.235. The molecule has 1 aromatic heterocycles. The van der Waals surface area contributed by atoms with Crippen LogP contribution in [0.5, 0.6) is 5.75 Å². The second kappa shape index (κ2) is 4.61. The fourth-order valence-electron chi connectivity index (χ4n) is 2.05. The van der Waals surface area contributed by atoms with Gasteiger partial charge in [-0.15, -0.1) is 0 Å². The van der Waals surface area contributed by atoms with Gasteiger partial charge in [0.25, 0.3) is 5.91 Å². The van der Waals surface area contributed by atoms with E-state index in [1.54, 1.807) is 18.3 Å². The van der Waals surface area contributed by atoms with Crippen LogP contribution >= 0.6 is 0 Å². The number of nitrogens with one attached hydrogen (secondary N) is 1. The average Bonchev–Trinajstić information content (AvgIpc) is 2.85. The van der Waals surface area contributed by atoms with Crippen LogP contribution < -0.4 is 15.8 Å². The van der Waals surface area contributed by atoms with Gasteiger partial charge in [-0.25, -0.2) is 4.98 Å². The van der Waals surface area contributed by atoms with Gasteiger partial charge in [-0.2, -0.15) is 0 Å². The number of rotatable bonds is 2. The number of carbonyl (C=O) groups excluding carboxylic acids is 1. The highest BCUT2D eigenvalue weighted by Gasteiger charge is 2.29. The second-order valence-electron chi connectivity index (χ2n) is 4.35. The summed E-state index contributed by atoms with van der Waals surface area (Å²) in [5, 5.41) is 2.69. The Morgan fingerprint density at radius 2 is 2.16 bits per heavy atom. The predicted molar refractivity (Wildman–Crippen MR) is 71.8 cm³/mol. The van der Waals surface area contributed by atoms with E-state index in [2.05, 4.69) is 10.3 Å². The van der Waals surface area contributed by atoms with Crippen LogP contribution in [0.15, 0.2) is 42.6 Å². The quantitative estimate of drug-likeness (QED) is 0.854. The van der Waals surface area contributed by atoms with Gasteiger partial charge in [0.1, 0.15) is 5.75 Å². The smallest absolute Gasteiger partial charge is 0.267 e. The first-order chi connectivity index (χ1) is 9.24. The second-order valence-corrected chi connectivity index (χ2v) is 4.35. The summed E-state index contributed by atoms with van der Waals surface area (Å²) in [6, 6.07) is 11.0. The highest BCUT2D eigenvalue weighted by molar-refractivity contribution is 5.96. The molecule has 0 aliphatic carbocycles. The van der Waals surface area contributed by atoms with Crippen LogP contribution in [0.25, 0.3) is 0 Å². The molecule has 3 rings (SSSR count). The summed E-state index contributed by atoms with van der Waals surface area (Å²) in [6.07, 6.45) is 1.61. The van der Waals surface area contributed by atoms with Gasteiger partial charge >= 0.3 is 0 Å². The molecule has 1 atom stereocenters. The molecule has 0 saturated carbocycles. The largest absolute Gasteiger partial charge is 0.480 e. The van der Waals surface area contributed by atoms with Gasteiger partial charge < -0.3 is 15.8 Å². The Bertz CT molecular complexity index is 603. The molecule has 2 aromatic rings. The molecular weight excluding hydrogens is 242 g/mol. The van der Waals surface area contributed by atoms with Crippen LogP contribution in [-0.4, -0.2) is 17.0 Å². The molecule has 0 saturated heterocycles. The highest BCUT2D eigenvalue weighted by Crippen LogP contribution is 2.28. The summed E-state index contributed by atoms with van der Waals surface area (Å²) in [4.78, 5) is 16.1. The number of nitrogens with zero attached hydrogens (tertiary/aromatic N) is 1. The molecule has 1 aromatic carbocycles. The maximum atomic E-state index is 12.1. The van der Waals surface area contributed by atoms with Crippen LogP contribution in [0, 0.1) is 0 Å². The zero-order valence-electron chi connectivity index (χ0n) is 10.2. The minimum Gasteiger partial charge on any atom is -0.480 e. The van der Waals surface area contributed by atoms with E-state index in [0.717, 1.165) is 11.3 Å². The molecule has 5 heteroatoms. The number of nitrogen functional groups attached to an aromatic ring is 1. The topological polar surface area (TPSA) is 77.2 Å². The van der Waals surface area contributed by atoms with Crippen molar-refractivity contribution in [2.24, 2.45) is 0 Å². The van der Waals surface area contributed by atoms with Gasteiger partial charge in [-0.3, -0.25) is 4.79 Å². The van der Waals surface area contributed by atoms with Gasteiger partial charge in [0.15, 0.2) is 11.9 Å². The van der Waals surface area contributed by atoms with Crippen molar-refractivity contribution in [1.82, 2.24) is 4.98 Å². The fourth-order valence-corrected chi connectivity index (χ4v) is 2.05. The van der Waals surface area contributed by atoms with Crippen molar-refractivity contribution in [2.45, 2.75) is 12.5 Å². The number of ether oxygens (including phenoxy) is 1. The molecule has 1 amide bonds. The number of hydrogen-bond donors (Lipinski definition) is 2. The van der Waals surface area contributed by atoms with E-state index in [0.29, 0.717) is 17.9 Å². The van der Waals surface area contributed by atoms with E-state index >= 15 is 0 Å². The Hall–Kier alpha value is -2.56. The third kappa shape index (κ3) is 2.22. The van der Waals surface area contributed by atoms with Crippen LogP contribution in [0.1, 0.15) is 5.56 Å². The lowest BCUT2D eigenvalue weighted by Crippen LogP contribution is -2.32. The Balaban J connectivity index is 1.72. The maximum Gasteiger partial charge on any atom is 0.267 e. The van der Waals surface area contributed by atoms with Crippen molar-refractivity contribution in [3.63, 3.8) is 0 Å². The van der Waals surface area contributed by atoms with E-state index in [-0.39, 0.29) is 5.91 Å². The standard InChI is InChI=1S/C14H13N3O2/c15-10-5-3-7-16-13(10)17-14(18)12-8-9-4-1-2-6-11(9)19-12/h1-7,12H,8,15H2,(H,16,17,18). The molecule has 19 heavy (non-hydrogen) atoms. The van der Waals surface area contributed by atoms with E-state index in [1.165, 1.54) is 0 Å². The fraction of sp³-hybridized carbons (Fsp3) is 0.143. The number of hydrogen-bond acceptors (Lipinski definition) is 4. The lowest BCUT2D eigenvalue weighted by Gasteiger charge is -2.11. The zero-order chi connectivity index (χ0) is 13.2. The number of carbonyl (C=O) groups is 1. The minimum atomic E-state index is -0.529. The number of aromatic nitrogens is 1. The number of pyridine rings is 1. The molecule has 3 N–H and O–H groups in total. The van der Waals surface area contributed by atoms with Gasteiger partial charge in [0.2, 0.25) is 0 Å². The maximum absolute atomic E-state index is 12.1. The van der Waals surface area contributed by atoms with Crippen molar-refractivity contribution in [1.29, 1.82) is 0 Å². The Kier molecular flexibility index (Phi) is 2.79. The van der Waals surface area contributed by atoms with Crippen molar-refractivity contribution < 1.29 is 9.53 Å². The van der Waals surface area contributed by atoms with E-state index in [1.807, 2.05) is 24.3 Å². The summed E-state index contributed by atoms with van der Waals surface area (Å²) in [5.41, 5.74) is 7.21. The highest BCUT2D eigenvalue weighted by atomic mass is 16.5. The number of para-hydroxylation sites is 1. The lowest BCUT2D eigenvalue weighted by molar-refractivity contribution is -0.122. The van der Waals surface area contributed by atoms with E-state index in [4.69, 9.17) is 10.5 Å². The Morgan fingerprint density at radius 1 is 1.32 bits per heavy atom. The third-order valence-corrected chi connectivity index (χ3v) is 3.02. The first-order valence-electron chi connectivity index (χ1n) is 6.00. The van der Waals surface area contributed by atoms with Crippen molar-refractivity contribution in [3.8, 4) is 5.75 Å². The molecule has 1 aliphatic heterocycles. The molecule has 1 unspecified atom stereocenters. The van der Waals surface area contributed by atoms with E-state index in [9.17, 15) is 4.79 Å². The monoisotopic (exact) mass is 255 g/mol. The number of fused-ring (bicyclic) bond motifs is 1. The molecule has 2 heterocycles. The van der Waals surface area contributed by atoms with Crippen LogP contribution in [0.4, 0.5) is 11.5 Å². The van der Waals surface area contributed by atoms with Gasteiger partial charge in [-0.1, -0.05) is 18.2 Å². The molecule has 5 nitrogen and oxygen atoms in total. The predicted octanol–water partition coefficient (Wildman–Crippen LogP) is 1.61. The van der Waals surface area contributed by atoms with Gasteiger partial charge in [-0.05, 0) is 23.8 Å². The normalized spacial score (nSPS) is 16.5. The summed E-state index contributed by atoms with van der Waals surface area (Å²) < 4.78 is 5.60.